The SMILES string of the molecule is CCN(C(=O)c1cc2ncccc2[nH]1)[C@H]1CCC[C@@H](Nc2ccccc2)C1. The lowest BCUT2D eigenvalue weighted by atomic mass is 9.89. The third-order valence-electron chi connectivity index (χ3n) is 5.45. The molecule has 1 amide bonds. The molecule has 3 aromatic rings. The Hall–Kier alpha value is -2.82. The molecule has 2 atom stereocenters. The summed E-state index contributed by atoms with van der Waals surface area (Å²) in [5.41, 5.74) is 3.52. The first-order valence-electron chi connectivity index (χ1n) is 9.81. The number of hydrogen-bond donors (Lipinski definition) is 2. The van der Waals surface area contributed by atoms with Crippen molar-refractivity contribution in [3.63, 3.8) is 0 Å². The number of amides is 1. The summed E-state index contributed by atoms with van der Waals surface area (Å²) in [6, 6.07) is 16.7. The third-order valence-corrected chi connectivity index (χ3v) is 5.45. The van der Waals surface area contributed by atoms with Crippen LogP contribution in [0.15, 0.2) is 54.7 Å². The number of H-pyrrole nitrogens is 1. The molecule has 1 aromatic carbocycles. The average molecular weight is 362 g/mol. The van der Waals surface area contributed by atoms with Crippen molar-refractivity contribution < 1.29 is 4.79 Å². The molecule has 1 fully saturated rings. The molecule has 27 heavy (non-hydrogen) atoms. The second-order valence-electron chi connectivity index (χ2n) is 7.24. The smallest absolute Gasteiger partial charge is 0.270 e. The van der Waals surface area contributed by atoms with Crippen molar-refractivity contribution in [1.82, 2.24) is 14.9 Å². The first-order chi connectivity index (χ1) is 13.2. The van der Waals surface area contributed by atoms with Crippen LogP contribution in [0.3, 0.4) is 0 Å². The van der Waals surface area contributed by atoms with Gasteiger partial charge in [-0.3, -0.25) is 9.78 Å². The summed E-state index contributed by atoms with van der Waals surface area (Å²) in [6.07, 6.45) is 6.07. The van der Waals surface area contributed by atoms with Crippen LogP contribution >= 0.6 is 0 Å². The molecular weight excluding hydrogens is 336 g/mol. The summed E-state index contributed by atoms with van der Waals surface area (Å²) in [5, 5.41) is 3.63. The van der Waals surface area contributed by atoms with Crippen molar-refractivity contribution in [2.24, 2.45) is 0 Å². The maximum absolute atomic E-state index is 13.2. The van der Waals surface area contributed by atoms with Crippen molar-refractivity contribution in [2.45, 2.75) is 44.7 Å². The summed E-state index contributed by atoms with van der Waals surface area (Å²) >= 11 is 0. The minimum absolute atomic E-state index is 0.0702. The molecule has 2 aromatic heterocycles. The van der Waals surface area contributed by atoms with Gasteiger partial charge in [-0.15, -0.1) is 0 Å². The number of pyridine rings is 1. The molecule has 1 aliphatic rings. The Morgan fingerprint density at radius 3 is 2.85 bits per heavy atom. The number of para-hydroxylation sites is 1. The predicted molar refractivity (Wildman–Crippen MR) is 109 cm³/mol. The number of nitrogens with one attached hydrogen (secondary N) is 2. The first-order valence-corrected chi connectivity index (χ1v) is 9.81. The number of aromatic nitrogens is 2. The highest BCUT2D eigenvalue weighted by atomic mass is 16.2. The van der Waals surface area contributed by atoms with Crippen LogP contribution in [-0.2, 0) is 0 Å². The van der Waals surface area contributed by atoms with Crippen LogP contribution in [0, 0.1) is 0 Å². The van der Waals surface area contributed by atoms with Crippen LogP contribution in [-0.4, -0.2) is 39.4 Å². The zero-order valence-corrected chi connectivity index (χ0v) is 15.7. The van der Waals surface area contributed by atoms with Gasteiger partial charge >= 0.3 is 0 Å². The van der Waals surface area contributed by atoms with Crippen molar-refractivity contribution >= 4 is 22.6 Å². The van der Waals surface area contributed by atoms with Gasteiger partial charge in [0.1, 0.15) is 5.69 Å². The second kappa shape index (κ2) is 7.82. The van der Waals surface area contributed by atoms with Crippen LogP contribution in [0.2, 0.25) is 0 Å². The third kappa shape index (κ3) is 3.82. The maximum Gasteiger partial charge on any atom is 0.270 e. The molecule has 5 heteroatoms. The molecular formula is C22H26N4O. The largest absolute Gasteiger partial charge is 0.382 e. The molecule has 2 heterocycles. The van der Waals surface area contributed by atoms with E-state index in [1.807, 2.05) is 29.2 Å². The van der Waals surface area contributed by atoms with Gasteiger partial charge < -0.3 is 15.2 Å². The van der Waals surface area contributed by atoms with E-state index in [2.05, 4.69) is 46.5 Å². The van der Waals surface area contributed by atoms with Crippen LogP contribution in [0.5, 0.6) is 0 Å². The lowest BCUT2D eigenvalue weighted by Crippen LogP contribution is -2.45. The summed E-state index contributed by atoms with van der Waals surface area (Å²) in [4.78, 5) is 22.7. The number of rotatable bonds is 5. The average Bonchev–Trinajstić information content (AvgIpc) is 3.14. The Kier molecular flexibility index (Phi) is 5.10. The Morgan fingerprint density at radius 2 is 2.07 bits per heavy atom. The van der Waals surface area contributed by atoms with Gasteiger partial charge in [-0.1, -0.05) is 18.2 Å². The quantitative estimate of drug-likeness (QED) is 0.705. The number of hydrogen-bond acceptors (Lipinski definition) is 3. The Labute approximate surface area is 159 Å². The number of carbonyl (C=O) groups excluding carboxylic acids is 1. The highest BCUT2D eigenvalue weighted by Gasteiger charge is 2.30. The summed E-state index contributed by atoms with van der Waals surface area (Å²) in [5.74, 6) is 0.0702. The molecule has 0 unspecified atom stereocenters. The van der Waals surface area contributed by atoms with E-state index >= 15 is 0 Å². The fourth-order valence-electron chi connectivity index (χ4n) is 4.14. The summed E-state index contributed by atoms with van der Waals surface area (Å²) in [6.45, 7) is 2.78. The van der Waals surface area contributed by atoms with Gasteiger partial charge in [-0.25, -0.2) is 0 Å². The van der Waals surface area contributed by atoms with Crippen molar-refractivity contribution in [3.05, 3.63) is 60.4 Å². The molecule has 1 saturated carbocycles. The van der Waals surface area contributed by atoms with E-state index in [1.54, 1.807) is 6.20 Å². The highest BCUT2D eigenvalue weighted by molar-refractivity contribution is 5.97. The zero-order chi connectivity index (χ0) is 18.6. The number of carbonyl (C=O) groups is 1. The monoisotopic (exact) mass is 362 g/mol. The zero-order valence-electron chi connectivity index (χ0n) is 15.7. The van der Waals surface area contributed by atoms with Gasteiger partial charge in [0, 0.05) is 30.5 Å². The lowest BCUT2D eigenvalue weighted by molar-refractivity contribution is 0.0637. The number of benzene rings is 1. The fraction of sp³-hybridized carbons (Fsp3) is 0.364. The minimum atomic E-state index is 0.0702. The predicted octanol–water partition coefficient (Wildman–Crippen LogP) is 4.45. The molecule has 0 spiro atoms. The fourth-order valence-corrected chi connectivity index (χ4v) is 4.14. The molecule has 1 aliphatic carbocycles. The number of aromatic amines is 1. The number of nitrogens with zero attached hydrogens (tertiary/aromatic N) is 2. The van der Waals surface area contributed by atoms with E-state index in [9.17, 15) is 4.79 Å². The van der Waals surface area contributed by atoms with Crippen LogP contribution in [0.1, 0.15) is 43.1 Å². The molecule has 0 bridgehead atoms. The summed E-state index contributed by atoms with van der Waals surface area (Å²) in [7, 11) is 0. The van der Waals surface area contributed by atoms with Gasteiger partial charge in [-0.05, 0) is 62.9 Å². The second-order valence-corrected chi connectivity index (χ2v) is 7.24. The Balaban J connectivity index is 1.48. The Bertz CT molecular complexity index is 872. The molecule has 0 aliphatic heterocycles. The van der Waals surface area contributed by atoms with Gasteiger partial charge in [0.15, 0.2) is 0 Å². The highest BCUT2D eigenvalue weighted by Crippen LogP contribution is 2.27. The van der Waals surface area contributed by atoms with Gasteiger partial charge in [0.2, 0.25) is 0 Å². The molecule has 0 radical (unpaired) electrons. The van der Waals surface area contributed by atoms with Crippen molar-refractivity contribution in [2.75, 3.05) is 11.9 Å². The van der Waals surface area contributed by atoms with Gasteiger partial charge in [0.25, 0.3) is 5.91 Å². The van der Waals surface area contributed by atoms with E-state index in [0.29, 0.717) is 18.3 Å². The molecule has 2 N–H and O–H groups in total. The standard InChI is InChI=1S/C22H26N4O/c1-2-26(22(27)21-15-20-19(25-21)12-7-13-23-20)18-11-6-10-17(14-18)24-16-8-4-3-5-9-16/h3-5,7-9,12-13,15,17-18,24-25H,2,6,10-11,14H2,1H3/t17-,18+/m1/s1. The van der Waals surface area contributed by atoms with E-state index < -0.39 is 0 Å². The lowest BCUT2D eigenvalue weighted by Gasteiger charge is -2.37. The number of fused-ring (bicyclic) bond motifs is 1. The van der Waals surface area contributed by atoms with Crippen molar-refractivity contribution in [1.29, 1.82) is 0 Å². The van der Waals surface area contributed by atoms with E-state index in [1.165, 1.54) is 0 Å². The van der Waals surface area contributed by atoms with E-state index in [-0.39, 0.29) is 11.9 Å². The normalized spacial score (nSPS) is 19.7. The Morgan fingerprint density at radius 1 is 1.22 bits per heavy atom. The van der Waals surface area contributed by atoms with Crippen molar-refractivity contribution in [3.8, 4) is 0 Å². The number of anilines is 1. The van der Waals surface area contributed by atoms with Crippen LogP contribution < -0.4 is 5.32 Å². The molecule has 4 rings (SSSR count). The maximum atomic E-state index is 13.2. The topological polar surface area (TPSA) is 61.0 Å². The van der Waals surface area contributed by atoms with E-state index in [0.717, 1.165) is 42.4 Å². The molecule has 140 valence electrons. The van der Waals surface area contributed by atoms with E-state index in [4.69, 9.17) is 0 Å². The minimum Gasteiger partial charge on any atom is -0.382 e. The first kappa shape index (κ1) is 17.6. The molecule has 0 saturated heterocycles. The molecule has 5 nitrogen and oxygen atoms in total. The van der Waals surface area contributed by atoms with Gasteiger partial charge in [-0.2, -0.15) is 0 Å². The summed E-state index contributed by atoms with van der Waals surface area (Å²) < 4.78 is 0. The van der Waals surface area contributed by atoms with Gasteiger partial charge in [0.05, 0.1) is 11.0 Å². The van der Waals surface area contributed by atoms with Crippen LogP contribution in [0.25, 0.3) is 11.0 Å². The van der Waals surface area contributed by atoms with Crippen LogP contribution in [0.4, 0.5) is 5.69 Å².